The Bertz CT molecular complexity index is 1430. The minimum absolute atomic E-state index is 0.101. The Morgan fingerprint density at radius 1 is 0.973 bits per heavy atom. The third-order valence-electron chi connectivity index (χ3n) is 5.49. The number of Topliss-reactive ketones (excluding diaryl/α,β-unsaturated/α-hetero) is 1. The molecule has 3 aromatic carbocycles. The largest absolute Gasteiger partial charge is 0.497 e. The maximum atomic E-state index is 13.1. The number of nitrogens with zero attached hydrogens (tertiary/aromatic N) is 2. The zero-order valence-electron chi connectivity index (χ0n) is 20.0. The average Bonchev–Trinajstić information content (AvgIpc) is 3.36. The van der Waals surface area contributed by atoms with Gasteiger partial charge in [0, 0.05) is 34.9 Å². The molecule has 0 aliphatic rings. The van der Waals surface area contributed by atoms with E-state index < -0.39 is 5.91 Å². The summed E-state index contributed by atoms with van der Waals surface area (Å²) in [7, 11) is 1.55. The van der Waals surface area contributed by atoms with Crippen molar-refractivity contribution >= 4 is 35.1 Å². The molecule has 0 radical (unpaired) electrons. The van der Waals surface area contributed by atoms with Crippen molar-refractivity contribution < 1.29 is 14.3 Å². The normalized spacial score (nSPS) is 11.0. The number of rotatable bonds is 8. The SMILES string of the molecule is COc1ccc(C(=O)C/C(=C\c2cn(-c3ccccc3)nc2-c2ccccc2)C(=O)NNC(N)=S)cc1. The number of carbonyl (C=O) groups excluding carboxylic acids is 2. The fraction of sp³-hybridized carbons (Fsp3) is 0.0714. The molecule has 1 amide bonds. The van der Waals surface area contributed by atoms with Crippen molar-refractivity contribution in [3.8, 4) is 22.7 Å². The maximum Gasteiger partial charge on any atom is 0.266 e. The molecule has 0 fully saturated rings. The molecule has 186 valence electrons. The van der Waals surface area contributed by atoms with Gasteiger partial charge in [0.2, 0.25) is 0 Å². The van der Waals surface area contributed by atoms with Crippen molar-refractivity contribution in [2.45, 2.75) is 6.42 Å². The predicted molar refractivity (Wildman–Crippen MR) is 147 cm³/mol. The molecule has 0 saturated heterocycles. The van der Waals surface area contributed by atoms with Gasteiger partial charge in [-0.1, -0.05) is 48.5 Å². The number of amides is 1. The standard InChI is InChI=1S/C28H25N5O3S/c1-36-24-14-12-19(13-15-24)25(34)17-21(27(35)30-31-28(29)37)16-22-18-33(23-10-6-3-7-11-23)32-26(22)20-8-4-2-5-9-20/h2-16,18H,17H2,1H3,(H,30,35)(H3,29,31,37)/b21-16+. The van der Waals surface area contributed by atoms with Gasteiger partial charge in [0.1, 0.15) is 5.75 Å². The van der Waals surface area contributed by atoms with Gasteiger partial charge in [-0.15, -0.1) is 0 Å². The number of benzene rings is 3. The van der Waals surface area contributed by atoms with Gasteiger partial charge < -0.3 is 10.5 Å². The number of aromatic nitrogens is 2. The molecule has 1 heterocycles. The summed E-state index contributed by atoms with van der Waals surface area (Å²) in [6.07, 6.45) is 3.32. The monoisotopic (exact) mass is 511 g/mol. The van der Waals surface area contributed by atoms with Crippen LogP contribution in [0.4, 0.5) is 0 Å². The zero-order valence-corrected chi connectivity index (χ0v) is 20.9. The summed E-state index contributed by atoms with van der Waals surface area (Å²) in [4.78, 5) is 26.2. The molecule has 4 rings (SSSR count). The topological polar surface area (TPSA) is 111 Å². The Morgan fingerprint density at radius 2 is 1.62 bits per heavy atom. The van der Waals surface area contributed by atoms with Gasteiger partial charge in [-0.3, -0.25) is 20.4 Å². The third kappa shape index (κ3) is 6.47. The van der Waals surface area contributed by atoms with E-state index in [4.69, 9.17) is 27.8 Å². The Morgan fingerprint density at radius 3 is 2.24 bits per heavy atom. The molecule has 4 N–H and O–H groups in total. The van der Waals surface area contributed by atoms with Gasteiger partial charge in [-0.05, 0) is 54.7 Å². The highest BCUT2D eigenvalue weighted by molar-refractivity contribution is 7.80. The van der Waals surface area contributed by atoms with Crippen LogP contribution >= 0.6 is 12.2 Å². The Balaban J connectivity index is 1.76. The molecule has 0 bridgehead atoms. The number of hydrogen-bond donors (Lipinski definition) is 3. The predicted octanol–water partition coefficient (Wildman–Crippen LogP) is 4.07. The van der Waals surface area contributed by atoms with Gasteiger partial charge >= 0.3 is 0 Å². The number of nitrogens with one attached hydrogen (secondary N) is 2. The average molecular weight is 512 g/mol. The molecule has 8 nitrogen and oxygen atoms in total. The van der Waals surface area contributed by atoms with Gasteiger partial charge in [-0.2, -0.15) is 5.10 Å². The van der Waals surface area contributed by atoms with E-state index in [0.29, 0.717) is 22.6 Å². The summed E-state index contributed by atoms with van der Waals surface area (Å²) in [5, 5.41) is 4.68. The molecule has 9 heteroatoms. The minimum atomic E-state index is -0.541. The number of thiocarbonyl (C=S) groups is 1. The first kappa shape index (κ1) is 25.3. The second kappa shape index (κ2) is 11.8. The summed E-state index contributed by atoms with van der Waals surface area (Å²) in [6, 6.07) is 26.0. The first-order valence-electron chi connectivity index (χ1n) is 11.4. The second-order valence-electron chi connectivity index (χ2n) is 8.02. The number of para-hydroxylation sites is 1. The third-order valence-corrected chi connectivity index (χ3v) is 5.60. The number of methoxy groups -OCH3 is 1. The molecule has 0 aliphatic carbocycles. The molecule has 37 heavy (non-hydrogen) atoms. The quantitative estimate of drug-likeness (QED) is 0.142. The highest BCUT2D eigenvalue weighted by atomic mass is 32.1. The maximum absolute atomic E-state index is 13.1. The van der Waals surface area contributed by atoms with Crippen molar-refractivity contribution in [2.75, 3.05) is 7.11 Å². The lowest BCUT2D eigenvalue weighted by atomic mass is 9.99. The van der Waals surface area contributed by atoms with E-state index in [9.17, 15) is 9.59 Å². The van der Waals surface area contributed by atoms with E-state index in [1.165, 1.54) is 0 Å². The highest BCUT2D eigenvalue weighted by Crippen LogP contribution is 2.27. The molecule has 0 saturated carbocycles. The van der Waals surface area contributed by atoms with Crippen molar-refractivity contribution in [3.05, 3.63) is 108 Å². The van der Waals surface area contributed by atoms with Crippen LogP contribution in [0.1, 0.15) is 22.3 Å². The van der Waals surface area contributed by atoms with E-state index in [1.54, 1.807) is 42.1 Å². The molecule has 0 atom stereocenters. The van der Waals surface area contributed by atoms with Crippen LogP contribution in [0.25, 0.3) is 23.0 Å². The van der Waals surface area contributed by atoms with E-state index >= 15 is 0 Å². The number of ketones is 1. The van der Waals surface area contributed by atoms with Crippen molar-refractivity contribution in [2.24, 2.45) is 5.73 Å². The Labute approximate surface area is 219 Å². The van der Waals surface area contributed by atoms with Crippen LogP contribution in [-0.4, -0.2) is 33.7 Å². The van der Waals surface area contributed by atoms with Crippen molar-refractivity contribution in [1.82, 2.24) is 20.6 Å². The van der Waals surface area contributed by atoms with Crippen LogP contribution in [0, 0.1) is 0 Å². The zero-order chi connectivity index (χ0) is 26.2. The minimum Gasteiger partial charge on any atom is -0.497 e. The number of ether oxygens (including phenoxy) is 1. The fourth-order valence-corrected chi connectivity index (χ4v) is 3.71. The van der Waals surface area contributed by atoms with Gasteiger partial charge in [-0.25, -0.2) is 4.68 Å². The molecular formula is C28H25N5O3S. The lowest BCUT2D eigenvalue weighted by Crippen LogP contribution is -2.45. The van der Waals surface area contributed by atoms with E-state index in [-0.39, 0.29) is 22.9 Å². The Hall–Kier alpha value is -4.76. The van der Waals surface area contributed by atoms with Crippen LogP contribution in [0.5, 0.6) is 5.75 Å². The van der Waals surface area contributed by atoms with Gasteiger partial charge in [0.05, 0.1) is 18.5 Å². The molecule has 1 aromatic heterocycles. The van der Waals surface area contributed by atoms with E-state index in [1.807, 2.05) is 66.9 Å². The van der Waals surface area contributed by atoms with E-state index in [2.05, 4.69) is 10.9 Å². The molecular weight excluding hydrogens is 486 g/mol. The lowest BCUT2D eigenvalue weighted by molar-refractivity contribution is -0.118. The number of carbonyl (C=O) groups is 2. The molecule has 0 aliphatic heterocycles. The highest BCUT2D eigenvalue weighted by Gasteiger charge is 2.19. The molecule has 4 aromatic rings. The summed E-state index contributed by atoms with van der Waals surface area (Å²) < 4.78 is 6.91. The van der Waals surface area contributed by atoms with Gasteiger partial charge in [0.25, 0.3) is 5.91 Å². The first-order chi connectivity index (χ1) is 17.9. The number of nitrogens with two attached hydrogens (primary N) is 1. The number of hydrogen-bond acceptors (Lipinski definition) is 5. The summed E-state index contributed by atoms with van der Waals surface area (Å²) in [5.74, 6) is -0.149. The first-order valence-corrected chi connectivity index (χ1v) is 11.8. The van der Waals surface area contributed by atoms with Crippen LogP contribution in [0.2, 0.25) is 0 Å². The summed E-state index contributed by atoms with van der Waals surface area (Å²) in [5.41, 5.74) is 14.1. The van der Waals surface area contributed by atoms with Crippen LogP contribution in [-0.2, 0) is 4.79 Å². The van der Waals surface area contributed by atoms with Crippen LogP contribution in [0.15, 0.2) is 96.7 Å². The summed E-state index contributed by atoms with van der Waals surface area (Å²) >= 11 is 4.80. The van der Waals surface area contributed by atoms with Crippen molar-refractivity contribution in [3.63, 3.8) is 0 Å². The molecule has 0 unspecified atom stereocenters. The smallest absolute Gasteiger partial charge is 0.266 e. The van der Waals surface area contributed by atoms with Crippen LogP contribution < -0.4 is 21.3 Å². The van der Waals surface area contributed by atoms with Crippen LogP contribution in [0.3, 0.4) is 0 Å². The number of hydrazine groups is 1. The summed E-state index contributed by atoms with van der Waals surface area (Å²) in [6.45, 7) is 0. The lowest BCUT2D eigenvalue weighted by Gasteiger charge is -2.10. The second-order valence-corrected chi connectivity index (χ2v) is 8.46. The fourth-order valence-electron chi connectivity index (χ4n) is 3.66. The van der Waals surface area contributed by atoms with Crippen molar-refractivity contribution in [1.29, 1.82) is 0 Å². The Kier molecular flexibility index (Phi) is 8.07. The molecule has 0 spiro atoms. The van der Waals surface area contributed by atoms with Gasteiger partial charge in [0.15, 0.2) is 10.9 Å². The van der Waals surface area contributed by atoms with E-state index in [0.717, 1.165) is 11.3 Å².